The quantitative estimate of drug-likeness (QED) is 0.626. The average molecular weight is 465 g/mol. The fourth-order valence-electron chi connectivity index (χ4n) is 6.04. The summed E-state index contributed by atoms with van der Waals surface area (Å²) in [6.45, 7) is 3.31. The van der Waals surface area contributed by atoms with E-state index in [1.807, 2.05) is 19.1 Å². The number of rotatable bonds is 6. The lowest BCUT2D eigenvalue weighted by Gasteiger charge is -2.41. The predicted molar refractivity (Wildman–Crippen MR) is 124 cm³/mol. The van der Waals surface area contributed by atoms with E-state index in [4.69, 9.17) is 4.74 Å². The molecule has 34 heavy (non-hydrogen) atoms. The lowest BCUT2D eigenvalue weighted by atomic mass is 9.64. The summed E-state index contributed by atoms with van der Waals surface area (Å²) in [6, 6.07) is 7.66. The van der Waals surface area contributed by atoms with E-state index in [9.17, 15) is 19.6 Å². The molecule has 180 valence electrons. The molecule has 1 unspecified atom stereocenters. The van der Waals surface area contributed by atoms with Gasteiger partial charge in [0.1, 0.15) is 17.9 Å². The van der Waals surface area contributed by atoms with Crippen molar-refractivity contribution < 1.29 is 19.1 Å². The van der Waals surface area contributed by atoms with Crippen LogP contribution in [-0.2, 0) is 16.1 Å². The number of nitrogens with zero attached hydrogens (tertiary/aromatic N) is 2. The molecule has 2 aliphatic carbocycles. The van der Waals surface area contributed by atoms with E-state index < -0.39 is 11.9 Å². The number of hydrogen-bond donors (Lipinski definition) is 2. The largest absolute Gasteiger partial charge is 0.489 e. The molecule has 2 saturated carbocycles. The Hall–Kier alpha value is -2.92. The summed E-state index contributed by atoms with van der Waals surface area (Å²) >= 11 is 0. The van der Waals surface area contributed by atoms with Crippen molar-refractivity contribution in [1.82, 2.24) is 15.5 Å². The Bertz CT molecular complexity index is 1040. The molecule has 3 amide bonds. The molecule has 3 fully saturated rings. The fourth-order valence-corrected chi connectivity index (χ4v) is 6.04. The zero-order valence-corrected chi connectivity index (χ0v) is 19.6. The molecule has 3 atom stereocenters. The molecule has 5 rings (SSSR count). The van der Waals surface area contributed by atoms with E-state index in [0.29, 0.717) is 24.4 Å². The maximum Gasteiger partial charge on any atom is 0.255 e. The molecule has 2 heterocycles. The molecule has 0 bridgehead atoms. The minimum atomic E-state index is -0.608. The number of nitrogens with one attached hydrogen (secondary N) is 2. The molecular weight excluding hydrogens is 432 g/mol. The average Bonchev–Trinajstić information content (AvgIpc) is 3.12. The minimum Gasteiger partial charge on any atom is -0.489 e. The van der Waals surface area contributed by atoms with Gasteiger partial charge in [-0.1, -0.05) is 6.42 Å². The third kappa shape index (κ3) is 4.41. The Kier molecular flexibility index (Phi) is 6.07. The molecule has 1 aromatic carbocycles. The van der Waals surface area contributed by atoms with E-state index in [0.717, 1.165) is 50.0 Å². The van der Waals surface area contributed by atoms with Gasteiger partial charge in [0.25, 0.3) is 5.91 Å². The second-order valence-electron chi connectivity index (χ2n) is 10.6. The van der Waals surface area contributed by atoms with Crippen LogP contribution in [0.1, 0.15) is 74.2 Å². The Morgan fingerprint density at radius 3 is 2.76 bits per heavy atom. The highest BCUT2D eigenvalue weighted by molar-refractivity contribution is 6.05. The number of fused-ring (bicyclic) bond motifs is 1. The van der Waals surface area contributed by atoms with Crippen molar-refractivity contribution in [2.24, 2.45) is 11.3 Å². The molecular formula is C26H32N4O4. The molecule has 1 saturated heterocycles. The minimum absolute atomic E-state index is 0.0672. The first kappa shape index (κ1) is 22.9. The highest BCUT2D eigenvalue weighted by Gasteiger charge is 2.41. The van der Waals surface area contributed by atoms with Crippen LogP contribution in [0.15, 0.2) is 18.2 Å². The normalized spacial score (nSPS) is 33.1. The van der Waals surface area contributed by atoms with Gasteiger partial charge in [-0.05, 0) is 81.7 Å². The number of benzene rings is 1. The number of nitriles is 1. The van der Waals surface area contributed by atoms with Gasteiger partial charge in [-0.2, -0.15) is 5.26 Å². The Balaban J connectivity index is 1.21. The number of imide groups is 1. The van der Waals surface area contributed by atoms with Crippen molar-refractivity contribution in [2.45, 2.75) is 83.0 Å². The number of carbonyl (C=O) groups excluding carboxylic acids is 3. The van der Waals surface area contributed by atoms with Crippen LogP contribution in [0.3, 0.4) is 0 Å². The van der Waals surface area contributed by atoms with E-state index in [1.165, 1.54) is 6.42 Å². The van der Waals surface area contributed by atoms with Crippen LogP contribution in [0.25, 0.3) is 0 Å². The molecule has 2 aliphatic heterocycles. The number of piperidine rings is 1. The standard InChI is InChI=1S/C26H32N4O4/c1-26(15-27)11-16(12-26)13-28-20-4-2-3-5-22(20)34-18-6-7-19-17(10-18)14-30(25(19)33)21-8-9-23(31)29-24(21)32/h6-7,10,16,20-22,28H,2-5,8-9,11-14H2,1H3,(H,29,31,32)/t16-,20-,21?,22+,26+/m1/s1. The van der Waals surface area contributed by atoms with Crippen molar-refractivity contribution in [2.75, 3.05) is 6.54 Å². The summed E-state index contributed by atoms with van der Waals surface area (Å²) < 4.78 is 6.42. The fraction of sp³-hybridized carbons (Fsp3) is 0.615. The Morgan fingerprint density at radius 2 is 2.00 bits per heavy atom. The first-order valence-corrected chi connectivity index (χ1v) is 12.4. The summed E-state index contributed by atoms with van der Waals surface area (Å²) in [6.07, 6.45) is 6.95. The third-order valence-electron chi connectivity index (χ3n) is 7.90. The van der Waals surface area contributed by atoms with Crippen molar-refractivity contribution in [3.63, 3.8) is 0 Å². The van der Waals surface area contributed by atoms with Crippen LogP contribution in [0.4, 0.5) is 0 Å². The van der Waals surface area contributed by atoms with Gasteiger partial charge >= 0.3 is 0 Å². The Morgan fingerprint density at radius 1 is 1.21 bits per heavy atom. The van der Waals surface area contributed by atoms with E-state index in [-0.39, 0.29) is 35.8 Å². The molecule has 0 spiro atoms. The first-order valence-electron chi connectivity index (χ1n) is 12.4. The summed E-state index contributed by atoms with van der Waals surface area (Å²) in [5.41, 5.74) is 1.30. The second kappa shape index (κ2) is 9.03. The topological polar surface area (TPSA) is 112 Å². The van der Waals surface area contributed by atoms with E-state index >= 15 is 0 Å². The highest BCUT2D eigenvalue weighted by atomic mass is 16.5. The zero-order chi connectivity index (χ0) is 23.9. The summed E-state index contributed by atoms with van der Waals surface area (Å²) in [4.78, 5) is 38.2. The van der Waals surface area contributed by atoms with Crippen LogP contribution >= 0.6 is 0 Å². The van der Waals surface area contributed by atoms with Crippen molar-refractivity contribution in [3.8, 4) is 11.8 Å². The van der Waals surface area contributed by atoms with Gasteiger partial charge in [-0.3, -0.25) is 19.7 Å². The maximum absolute atomic E-state index is 12.9. The molecule has 1 aromatic rings. The molecule has 8 heteroatoms. The molecule has 4 aliphatic rings. The second-order valence-corrected chi connectivity index (χ2v) is 10.6. The van der Waals surface area contributed by atoms with E-state index in [1.54, 1.807) is 11.0 Å². The van der Waals surface area contributed by atoms with Crippen molar-refractivity contribution in [1.29, 1.82) is 5.26 Å². The maximum atomic E-state index is 12.9. The number of amides is 3. The van der Waals surface area contributed by atoms with E-state index in [2.05, 4.69) is 16.7 Å². The van der Waals surface area contributed by atoms with Gasteiger partial charge in [0, 0.05) is 24.6 Å². The van der Waals surface area contributed by atoms with Crippen LogP contribution in [0.5, 0.6) is 5.75 Å². The Labute approximate surface area is 200 Å². The molecule has 8 nitrogen and oxygen atoms in total. The van der Waals surface area contributed by atoms with Crippen LogP contribution in [0, 0.1) is 22.7 Å². The van der Waals surface area contributed by atoms with Gasteiger partial charge in [-0.25, -0.2) is 0 Å². The van der Waals surface area contributed by atoms with Gasteiger partial charge in [-0.15, -0.1) is 0 Å². The SMILES string of the molecule is C[C@]1(C#N)C[C@@H](CN[C@@H]2CCCC[C@@H]2Oc2ccc3c(c2)CN(C2CCC(=O)NC2=O)C3=O)C1. The van der Waals surface area contributed by atoms with Crippen LogP contribution in [0.2, 0.25) is 0 Å². The van der Waals surface area contributed by atoms with Gasteiger partial charge < -0.3 is 15.0 Å². The molecule has 2 N–H and O–H groups in total. The molecule has 0 aromatic heterocycles. The molecule has 0 radical (unpaired) electrons. The number of carbonyl (C=O) groups is 3. The smallest absolute Gasteiger partial charge is 0.255 e. The first-order chi connectivity index (χ1) is 16.3. The zero-order valence-electron chi connectivity index (χ0n) is 19.6. The van der Waals surface area contributed by atoms with Crippen LogP contribution < -0.4 is 15.4 Å². The third-order valence-corrected chi connectivity index (χ3v) is 7.90. The van der Waals surface area contributed by atoms with Gasteiger partial charge in [0.15, 0.2) is 0 Å². The lowest BCUT2D eigenvalue weighted by molar-refractivity contribution is -0.136. The van der Waals surface area contributed by atoms with Crippen molar-refractivity contribution in [3.05, 3.63) is 29.3 Å². The summed E-state index contributed by atoms with van der Waals surface area (Å²) in [5, 5.41) is 15.3. The lowest BCUT2D eigenvalue weighted by Crippen LogP contribution is -2.52. The number of ether oxygens (including phenoxy) is 1. The predicted octanol–water partition coefficient (Wildman–Crippen LogP) is 2.67. The van der Waals surface area contributed by atoms with Gasteiger partial charge in [0.05, 0.1) is 11.5 Å². The summed E-state index contributed by atoms with van der Waals surface area (Å²) in [7, 11) is 0. The van der Waals surface area contributed by atoms with Gasteiger partial charge in [0.2, 0.25) is 11.8 Å². The van der Waals surface area contributed by atoms with Crippen LogP contribution in [-0.4, -0.2) is 47.4 Å². The highest BCUT2D eigenvalue weighted by Crippen LogP contribution is 2.44. The summed E-state index contributed by atoms with van der Waals surface area (Å²) in [5.74, 6) is 0.449. The monoisotopic (exact) mass is 464 g/mol. The number of hydrogen-bond acceptors (Lipinski definition) is 6. The van der Waals surface area contributed by atoms with Crippen molar-refractivity contribution >= 4 is 17.7 Å².